The number of likely N-dealkylation sites (tertiary alicyclic amines) is 1. The van der Waals surface area contributed by atoms with Crippen molar-refractivity contribution >= 4 is 29.9 Å². The zero-order valence-corrected chi connectivity index (χ0v) is 19.2. The van der Waals surface area contributed by atoms with Gasteiger partial charge in [-0.1, -0.05) is 30.3 Å². The van der Waals surface area contributed by atoms with E-state index in [1.165, 1.54) is 11.1 Å². The number of aryl methyl sites for hydroxylation is 2. The maximum Gasteiger partial charge on any atom is 0.193 e. The highest BCUT2D eigenvalue weighted by Crippen LogP contribution is 2.17. The zero-order chi connectivity index (χ0) is 18.9. The Bertz CT molecular complexity index is 719. The molecular weight excluding hydrogens is 465 g/mol. The molecule has 1 aliphatic rings. The van der Waals surface area contributed by atoms with E-state index in [1.54, 1.807) is 0 Å². The van der Waals surface area contributed by atoms with Crippen molar-refractivity contribution in [1.29, 1.82) is 0 Å². The molecule has 0 bridgehead atoms. The first-order chi connectivity index (χ1) is 13.2. The van der Waals surface area contributed by atoms with Crippen LogP contribution < -0.4 is 5.32 Å². The molecular formula is C21H32IN5O. The van der Waals surface area contributed by atoms with Crippen molar-refractivity contribution < 1.29 is 4.74 Å². The monoisotopic (exact) mass is 497 g/mol. The molecule has 1 fully saturated rings. The van der Waals surface area contributed by atoms with Gasteiger partial charge in [0.05, 0.1) is 19.4 Å². The molecule has 1 aliphatic heterocycles. The first kappa shape index (κ1) is 22.7. The Balaban J connectivity index is 0.00000280. The minimum atomic E-state index is 0. The molecule has 3 rings (SSSR count). The molecule has 2 heterocycles. The van der Waals surface area contributed by atoms with E-state index in [4.69, 9.17) is 4.74 Å². The van der Waals surface area contributed by atoms with E-state index in [-0.39, 0.29) is 24.0 Å². The number of ether oxygens (including phenoxy) is 1. The molecule has 28 heavy (non-hydrogen) atoms. The SMILES string of the molecule is CN=C(NCCCc1cnn(C)c1)N1CCC(COCc2ccccc2)C1.I. The molecule has 1 atom stereocenters. The second-order valence-electron chi connectivity index (χ2n) is 7.20. The summed E-state index contributed by atoms with van der Waals surface area (Å²) < 4.78 is 7.77. The summed E-state index contributed by atoms with van der Waals surface area (Å²) in [5.74, 6) is 1.58. The predicted molar refractivity (Wildman–Crippen MR) is 124 cm³/mol. The first-order valence-corrected chi connectivity index (χ1v) is 9.79. The highest BCUT2D eigenvalue weighted by molar-refractivity contribution is 14.0. The molecule has 0 aliphatic carbocycles. The highest BCUT2D eigenvalue weighted by Gasteiger charge is 2.24. The van der Waals surface area contributed by atoms with Crippen LogP contribution in [0.15, 0.2) is 47.7 Å². The molecule has 1 aromatic heterocycles. The minimum Gasteiger partial charge on any atom is -0.376 e. The van der Waals surface area contributed by atoms with Gasteiger partial charge in [-0.15, -0.1) is 24.0 Å². The van der Waals surface area contributed by atoms with Crippen molar-refractivity contribution in [1.82, 2.24) is 20.0 Å². The number of aliphatic imine (C=N–C) groups is 1. The maximum absolute atomic E-state index is 5.92. The number of nitrogens with zero attached hydrogens (tertiary/aromatic N) is 4. The average molecular weight is 497 g/mol. The Labute approximate surface area is 185 Å². The lowest BCUT2D eigenvalue weighted by Crippen LogP contribution is -2.40. The summed E-state index contributed by atoms with van der Waals surface area (Å²) in [4.78, 5) is 6.80. The van der Waals surface area contributed by atoms with Crippen LogP contribution in [-0.2, 0) is 24.8 Å². The van der Waals surface area contributed by atoms with Crippen molar-refractivity contribution in [2.75, 3.05) is 33.3 Å². The summed E-state index contributed by atoms with van der Waals surface area (Å²) in [6.07, 6.45) is 7.28. The van der Waals surface area contributed by atoms with Crippen molar-refractivity contribution in [3.8, 4) is 0 Å². The molecule has 0 spiro atoms. The second-order valence-corrected chi connectivity index (χ2v) is 7.20. The molecule has 1 aromatic carbocycles. The molecule has 0 radical (unpaired) electrons. The van der Waals surface area contributed by atoms with Crippen LogP contribution >= 0.6 is 24.0 Å². The highest BCUT2D eigenvalue weighted by atomic mass is 127. The fourth-order valence-electron chi connectivity index (χ4n) is 3.50. The van der Waals surface area contributed by atoms with Gasteiger partial charge >= 0.3 is 0 Å². The van der Waals surface area contributed by atoms with Gasteiger partial charge in [0.25, 0.3) is 0 Å². The van der Waals surface area contributed by atoms with E-state index in [0.717, 1.165) is 51.5 Å². The van der Waals surface area contributed by atoms with E-state index in [9.17, 15) is 0 Å². The van der Waals surface area contributed by atoms with Crippen molar-refractivity contribution in [2.24, 2.45) is 18.0 Å². The van der Waals surface area contributed by atoms with E-state index in [0.29, 0.717) is 12.5 Å². The van der Waals surface area contributed by atoms with Crippen LogP contribution in [0, 0.1) is 5.92 Å². The first-order valence-electron chi connectivity index (χ1n) is 9.79. The largest absolute Gasteiger partial charge is 0.376 e. The van der Waals surface area contributed by atoms with Gasteiger partial charge in [0.15, 0.2) is 5.96 Å². The molecule has 1 N–H and O–H groups in total. The summed E-state index contributed by atoms with van der Waals surface area (Å²) in [5, 5.41) is 7.71. The van der Waals surface area contributed by atoms with Gasteiger partial charge in [0.2, 0.25) is 0 Å². The number of benzene rings is 1. The summed E-state index contributed by atoms with van der Waals surface area (Å²) >= 11 is 0. The normalized spacial score (nSPS) is 16.9. The summed E-state index contributed by atoms with van der Waals surface area (Å²) in [7, 11) is 3.82. The average Bonchev–Trinajstić information content (AvgIpc) is 3.32. The van der Waals surface area contributed by atoms with Crippen LogP contribution in [0.2, 0.25) is 0 Å². The number of rotatable bonds is 8. The van der Waals surface area contributed by atoms with Crippen LogP contribution in [-0.4, -0.2) is 53.9 Å². The Morgan fingerprint density at radius 3 is 2.82 bits per heavy atom. The van der Waals surface area contributed by atoms with Crippen molar-refractivity contribution in [2.45, 2.75) is 25.9 Å². The van der Waals surface area contributed by atoms with Crippen LogP contribution in [0.5, 0.6) is 0 Å². The molecule has 0 amide bonds. The number of nitrogens with one attached hydrogen (secondary N) is 1. The number of aromatic nitrogens is 2. The Hall–Kier alpha value is -1.61. The lowest BCUT2D eigenvalue weighted by Gasteiger charge is -2.21. The topological polar surface area (TPSA) is 54.7 Å². The van der Waals surface area contributed by atoms with Gasteiger partial charge in [-0.3, -0.25) is 9.67 Å². The van der Waals surface area contributed by atoms with Gasteiger partial charge in [-0.25, -0.2) is 0 Å². The third-order valence-corrected chi connectivity index (χ3v) is 4.95. The van der Waals surface area contributed by atoms with Crippen molar-refractivity contribution in [3.05, 3.63) is 53.9 Å². The fourth-order valence-corrected chi connectivity index (χ4v) is 3.50. The van der Waals surface area contributed by atoms with Crippen molar-refractivity contribution in [3.63, 3.8) is 0 Å². The van der Waals surface area contributed by atoms with Crippen LogP contribution in [0.3, 0.4) is 0 Å². The smallest absolute Gasteiger partial charge is 0.193 e. The van der Waals surface area contributed by atoms with Gasteiger partial charge in [0, 0.05) is 45.8 Å². The molecule has 1 saturated heterocycles. The zero-order valence-electron chi connectivity index (χ0n) is 16.9. The fraction of sp³-hybridized carbons (Fsp3) is 0.524. The van der Waals surface area contributed by atoms with Gasteiger partial charge < -0.3 is 15.0 Å². The number of halogens is 1. The molecule has 6 nitrogen and oxygen atoms in total. The number of hydrogen-bond acceptors (Lipinski definition) is 3. The van der Waals surface area contributed by atoms with E-state index >= 15 is 0 Å². The molecule has 1 unspecified atom stereocenters. The van der Waals surface area contributed by atoms with Crippen LogP contribution in [0.1, 0.15) is 24.0 Å². The van der Waals surface area contributed by atoms with E-state index < -0.39 is 0 Å². The van der Waals surface area contributed by atoms with E-state index in [1.807, 2.05) is 31.0 Å². The van der Waals surface area contributed by atoms with Crippen LogP contribution in [0.4, 0.5) is 0 Å². The molecule has 154 valence electrons. The van der Waals surface area contributed by atoms with E-state index in [2.05, 4.69) is 50.8 Å². The second kappa shape index (κ2) is 12.1. The summed E-state index contributed by atoms with van der Waals surface area (Å²) in [5.41, 5.74) is 2.52. The van der Waals surface area contributed by atoms with Crippen LogP contribution in [0.25, 0.3) is 0 Å². The summed E-state index contributed by atoms with van der Waals surface area (Å²) in [6, 6.07) is 10.4. The third-order valence-electron chi connectivity index (χ3n) is 4.95. The molecule has 0 saturated carbocycles. The Morgan fingerprint density at radius 1 is 1.29 bits per heavy atom. The van der Waals surface area contributed by atoms with Gasteiger partial charge in [-0.05, 0) is 30.4 Å². The lowest BCUT2D eigenvalue weighted by molar-refractivity contribution is 0.0907. The van der Waals surface area contributed by atoms with Gasteiger partial charge in [0.1, 0.15) is 0 Å². The third kappa shape index (κ3) is 7.09. The lowest BCUT2D eigenvalue weighted by atomic mass is 10.1. The maximum atomic E-state index is 5.92. The molecule has 2 aromatic rings. The Morgan fingerprint density at radius 2 is 2.11 bits per heavy atom. The number of hydrogen-bond donors (Lipinski definition) is 1. The quantitative estimate of drug-likeness (QED) is 0.264. The standard InChI is InChI=1S/C21H31N5O.HI/c1-22-21(23-11-6-9-19-13-24-25(2)14-19)26-12-10-20(15-26)17-27-16-18-7-4-3-5-8-18;/h3-5,7-8,13-14,20H,6,9-12,15-17H2,1-2H3,(H,22,23);1H. The number of guanidine groups is 1. The minimum absolute atomic E-state index is 0. The van der Waals surface area contributed by atoms with Gasteiger partial charge in [-0.2, -0.15) is 5.10 Å². The molecule has 7 heteroatoms. The Kier molecular flexibility index (Phi) is 9.77. The predicted octanol–water partition coefficient (Wildman–Crippen LogP) is 3.08. The summed E-state index contributed by atoms with van der Waals surface area (Å²) in [6.45, 7) is 4.48.